The second kappa shape index (κ2) is 6.83. The second-order valence-electron chi connectivity index (χ2n) is 5.02. The molecule has 0 spiro atoms. The van der Waals surface area contributed by atoms with E-state index in [1.54, 1.807) is 12.4 Å². The molecule has 114 valence electrons. The van der Waals surface area contributed by atoms with E-state index in [4.69, 9.17) is 4.98 Å². The molecule has 0 saturated heterocycles. The molecule has 0 aliphatic heterocycles. The predicted octanol–water partition coefficient (Wildman–Crippen LogP) is 4.58. The van der Waals surface area contributed by atoms with Crippen molar-refractivity contribution in [1.82, 2.24) is 15.0 Å². The molecule has 1 N–H and O–H groups in total. The maximum atomic E-state index is 4.70. The minimum absolute atomic E-state index is 0.662. The first-order valence-corrected chi connectivity index (χ1v) is 7.55. The highest BCUT2D eigenvalue weighted by Gasteiger charge is 2.09. The third-order valence-corrected chi connectivity index (χ3v) is 3.44. The van der Waals surface area contributed by atoms with Crippen LogP contribution in [0.2, 0.25) is 0 Å². The average Bonchev–Trinajstić information content (AvgIpc) is 2.62. The third-order valence-electron chi connectivity index (χ3n) is 3.44. The van der Waals surface area contributed by atoms with E-state index < -0.39 is 0 Å². The molecule has 3 aromatic rings. The number of anilines is 1. The van der Waals surface area contributed by atoms with Crippen LogP contribution in [0.5, 0.6) is 0 Å². The van der Waals surface area contributed by atoms with Gasteiger partial charge in [0.25, 0.3) is 0 Å². The summed E-state index contributed by atoms with van der Waals surface area (Å²) in [5.41, 5.74) is 2.79. The molecule has 1 aromatic carbocycles. The lowest BCUT2D eigenvalue weighted by Crippen LogP contribution is -2.02. The maximum absolute atomic E-state index is 4.70. The van der Waals surface area contributed by atoms with Gasteiger partial charge in [0.1, 0.15) is 5.82 Å². The van der Waals surface area contributed by atoms with Crippen LogP contribution in [0.25, 0.3) is 22.3 Å². The molecule has 2 heterocycles. The Bertz CT molecular complexity index is 867. The van der Waals surface area contributed by atoms with Gasteiger partial charge in [0.15, 0.2) is 5.82 Å². The summed E-state index contributed by atoms with van der Waals surface area (Å²) in [6.45, 7) is 3.98. The van der Waals surface area contributed by atoms with Crippen molar-refractivity contribution in [2.75, 3.05) is 5.32 Å². The summed E-state index contributed by atoms with van der Waals surface area (Å²) < 4.78 is 0. The molecule has 23 heavy (non-hydrogen) atoms. The molecule has 0 bridgehead atoms. The lowest BCUT2D eigenvalue weighted by atomic mass is 10.2. The monoisotopic (exact) mass is 302 g/mol. The van der Waals surface area contributed by atoms with Crippen molar-refractivity contribution in [3.63, 3.8) is 0 Å². The number of rotatable bonds is 4. The fourth-order valence-electron chi connectivity index (χ4n) is 2.32. The summed E-state index contributed by atoms with van der Waals surface area (Å²) in [5.74, 6) is 1.45. The number of hydrogen-bond donors (Lipinski definition) is 1. The number of hydrogen-bond acceptors (Lipinski definition) is 4. The van der Waals surface area contributed by atoms with E-state index in [0.29, 0.717) is 5.82 Å². The van der Waals surface area contributed by atoms with E-state index in [2.05, 4.69) is 15.3 Å². The zero-order chi connectivity index (χ0) is 16.1. The summed E-state index contributed by atoms with van der Waals surface area (Å²) >= 11 is 0. The summed E-state index contributed by atoms with van der Waals surface area (Å²) in [7, 11) is 0. The smallest absolute Gasteiger partial charge is 0.163 e. The number of fused-ring (bicyclic) bond motifs is 1. The Morgan fingerprint density at radius 1 is 1.04 bits per heavy atom. The summed E-state index contributed by atoms with van der Waals surface area (Å²) in [5, 5.41) is 4.38. The van der Waals surface area contributed by atoms with Gasteiger partial charge in [0.2, 0.25) is 0 Å². The first-order chi connectivity index (χ1) is 11.3. The molecule has 0 saturated carbocycles. The molecule has 0 fully saturated rings. The average molecular weight is 302 g/mol. The molecule has 0 atom stereocenters. The van der Waals surface area contributed by atoms with Crippen LogP contribution in [-0.2, 0) is 0 Å². The lowest BCUT2D eigenvalue weighted by molar-refractivity contribution is 1.20. The minimum atomic E-state index is 0.662. The fraction of sp³-hybridized carbons (Fsp3) is 0.105. The van der Waals surface area contributed by atoms with Crippen LogP contribution in [0.1, 0.15) is 13.8 Å². The number of aromatic nitrogens is 3. The third kappa shape index (κ3) is 3.26. The normalized spacial score (nSPS) is 12.0. The van der Waals surface area contributed by atoms with Crippen molar-refractivity contribution < 1.29 is 0 Å². The SMILES string of the molecule is C/C=C\C(=C/C)Nc1nc(-c2cccnc2)nc2ccccc12. The van der Waals surface area contributed by atoms with E-state index in [1.807, 2.05) is 68.5 Å². The van der Waals surface area contributed by atoms with Crippen LogP contribution in [-0.4, -0.2) is 15.0 Å². The number of pyridine rings is 1. The molecule has 3 rings (SSSR count). The van der Waals surface area contributed by atoms with Crippen LogP contribution in [0, 0.1) is 0 Å². The molecule has 2 aromatic heterocycles. The maximum Gasteiger partial charge on any atom is 0.163 e. The van der Waals surface area contributed by atoms with Crippen molar-refractivity contribution in [3.8, 4) is 11.4 Å². The molecular formula is C19H18N4. The first-order valence-electron chi connectivity index (χ1n) is 7.55. The van der Waals surface area contributed by atoms with E-state index in [0.717, 1.165) is 28.0 Å². The van der Waals surface area contributed by atoms with Crippen LogP contribution >= 0.6 is 0 Å². The van der Waals surface area contributed by atoms with Crippen molar-refractivity contribution >= 4 is 16.7 Å². The number of nitrogens with zero attached hydrogens (tertiary/aromatic N) is 3. The Kier molecular flexibility index (Phi) is 4.43. The van der Waals surface area contributed by atoms with E-state index >= 15 is 0 Å². The van der Waals surface area contributed by atoms with Crippen molar-refractivity contribution in [2.45, 2.75) is 13.8 Å². The van der Waals surface area contributed by atoms with Gasteiger partial charge in [-0.1, -0.05) is 24.3 Å². The quantitative estimate of drug-likeness (QED) is 0.716. The highest BCUT2D eigenvalue weighted by atomic mass is 15.0. The van der Waals surface area contributed by atoms with Gasteiger partial charge in [0, 0.05) is 29.0 Å². The highest BCUT2D eigenvalue weighted by Crippen LogP contribution is 2.25. The highest BCUT2D eigenvalue weighted by molar-refractivity contribution is 5.91. The lowest BCUT2D eigenvalue weighted by Gasteiger charge is -2.11. The fourth-order valence-corrected chi connectivity index (χ4v) is 2.32. The van der Waals surface area contributed by atoms with Crippen LogP contribution in [0.15, 0.2) is 72.7 Å². The molecule has 0 unspecified atom stereocenters. The topological polar surface area (TPSA) is 50.7 Å². The van der Waals surface area contributed by atoms with Gasteiger partial charge in [0.05, 0.1) is 5.52 Å². The number of benzene rings is 1. The standard InChI is InChI=1S/C19H18N4/c1-3-8-15(4-2)21-19-16-10-5-6-11-17(16)22-18(23-19)14-9-7-12-20-13-14/h3-13H,1-2H3,(H,21,22,23)/b8-3-,15-4+. The Hall–Kier alpha value is -3.01. The Labute approximate surface area is 135 Å². The van der Waals surface area contributed by atoms with Crippen LogP contribution in [0.3, 0.4) is 0 Å². The van der Waals surface area contributed by atoms with Crippen molar-refractivity contribution in [3.05, 3.63) is 72.7 Å². The summed E-state index contributed by atoms with van der Waals surface area (Å²) in [4.78, 5) is 13.5. The zero-order valence-electron chi connectivity index (χ0n) is 13.2. The summed E-state index contributed by atoms with van der Waals surface area (Å²) in [6, 6.07) is 11.8. The zero-order valence-corrected chi connectivity index (χ0v) is 13.2. The Morgan fingerprint density at radius 2 is 1.91 bits per heavy atom. The molecule has 0 aliphatic carbocycles. The molecule has 0 amide bonds. The minimum Gasteiger partial charge on any atom is -0.340 e. The van der Waals surface area contributed by atoms with Gasteiger partial charge >= 0.3 is 0 Å². The largest absolute Gasteiger partial charge is 0.340 e. The molecule has 0 aliphatic rings. The van der Waals surface area contributed by atoms with Gasteiger partial charge < -0.3 is 5.32 Å². The van der Waals surface area contributed by atoms with E-state index in [1.165, 1.54) is 0 Å². The summed E-state index contributed by atoms with van der Waals surface area (Å²) in [6.07, 6.45) is 9.54. The van der Waals surface area contributed by atoms with E-state index in [-0.39, 0.29) is 0 Å². The number of para-hydroxylation sites is 1. The molecule has 0 radical (unpaired) electrons. The van der Waals surface area contributed by atoms with Crippen molar-refractivity contribution in [1.29, 1.82) is 0 Å². The predicted molar refractivity (Wildman–Crippen MR) is 95.0 cm³/mol. The van der Waals surface area contributed by atoms with Gasteiger partial charge in [-0.25, -0.2) is 9.97 Å². The van der Waals surface area contributed by atoms with Gasteiger partial charge in [-0.2, -0.15) is 0 Å². The number of allylic oxidation sites excluding steroid dienone is 3. The number of nitrogens with one attached hydrogen (secondary N) is 1. The van der Waals surface area contributed by atoms with E-state index in [9.17, 15) is 0 Å². The molecule has 4 heteroatoms. The molecular weight excluding hydrogens is 284 g/mol. The molecule has 4 nitrogen and oxygen atoms in total. The van der Waals surface area contributed by atoms with Crippen molar-refractivity contribution in [2.24, 2.45) is 0 Å². The van der Waals surface area contributed by atoms with Gasteiger partial charge in [-0.15, -0.1) is 0 Å². The second-order valence-corrected chi connectivity index (χ2v) is 5.02. The van der Waals surface area contributed by atoms with Gasteiger partial charge in [-0.3, -0.25) is 4.98 Å². The Morgan fingerprint density at radius 3 is 2.65 bits per heavy atom. The van der Waals surface area contributed by atoms with Gasteiger partial charge in [-0.05, 0) is 44.2 Å². The van der Waals surface area contributed by atoms with Crippen LogP contribution in [0.4, 0.5) is 5.82 Å². The first kappa shape index (κ1) is 14.9. The Balaban J connectivity index is 2.15. The van der Waals surface area contributed by atoms with Crippen LogP contribution < -0.4 is 5.32 Å².